The van der Waals surface area contributed by atoms with Crippen LogP contribution in [0.15, 0.2) is 35.4 Å². The zero-order valence-corrected chi connectivity index (χ0v) is 17.1. The number of thiophene rings is 1. The molecule has 0 saturated carbocycles. The lowest BCUT2D eigenvalue weighted by Crippen LogP contribution is -2.27. The lowest BCUT2D eigenvalue weighted by Gasteiger charge is -2.09. The minimum atomic E-state index is -0.347. The predicted molar refractivity (Wildman–Crippen MR) is 113 cm³/mol. The van der Waals surface area contributed by atoms with Crippen molar-refractivity contribution in [1.29, 1.82) is 0 Å². The summed E-state index contributed by atoms with van der Waals surface area (Å²) in [6.07, 6.45) is 1.41. The number of nitrogens with zero attached hydrogens (tertiary/aromatic N) is 3. The van der Waals surface area contributed by atoms with Crippen molar-refractivity contribution in [3.63, 3.8) is 0 Å². The van der Waals surface area contributed by atoms with Crippen molar-refractivity contribution in [3.8, 4) is 0 Å². The minimum Gasteiger partial charge on any atom is -0.323 e. The van der Waals surface area contributed by atoms with Gasteiger partial charge in [-0.15, -0.1) is 11.3 Å². The van der Waals surface area contributed by atoms with Crippen molar-refractivity contribution in [2.24, 2.45) is 0 Å². The molecule has 0 aliphatic carbocycles. The van der Waals surface area contributed by atoms with Gasteiger partial charge in [0, 0.05) is 11.1 Å². The highest BCUT2D eigenvalue weighted by molar-refractivity contribution is 7.25. The number of carbonyl (C=O) groups is 1. The van der Waals surface area contributed by atoms with Crippen LogP contribution in [-0.2, 0) is 11.3 Å². The highest BCUT2D eigenvalue weighted by Crippen LogP contribution is 2.31. The monoisotopic (exact) mass is 412 g/mol. The molecule has 0 aliphatic rings. The molecular formula is C20H17ClN4O2S. The van der Waals surface area contributed by atoms with Crippen molar-refractivity contribution in [3.05, 3.63) is 62.8 Å². The zero-order chi connectivity index (χ0) is 20.0. The minimum absolute atomic E-state index is 0.147. The van der Waals surface area contributed by atoms with E-state index in [4.69, 9.17) is 11.6 Å². The Bertz CT molecular complexity index is 1310. The fourth-order valence-electron chi connectivity index (χ4n) is 3.18. The van der Waals surface area contributed by atoms with Crippen LogP contribution in [0.25, 0.3) is 20.4 Å². The van der Waals surface area contributed by atoms with Gasteiger partial charge in [-0.25, -0.2) is 9.97 Å². The summed E-state index contributed by atoms with van der Waals surface area (Å²) in [5.74, 6) is -0.347. The third-order valence-electron chi connectivity index (χ3n) is 4.46. The molecule has 4 rings (SSSR count). The van der Waals surface area contributed by atoms with E-state index in [2.05, 4.69) is 15.3 Å². The molecule has 0 atom stereocenters. The third kappa shape index (κ3) is 3.27. The summed E-state index contributed by atoms with van der Waals surface area (Å²) in [6, 6.07) is 7.34. The van der Waals surface area contributed by atoms with Crippen LogP contribution in [0.3, 0.4) is 0 Å². The van der Waals surface area contributed by atoms with Crippen LogP contribution < -0.4 is 10.9 Å². The van der Waals surface area contributed by atoms with Gasteiger partial charge in [-0.1, -0.05) is 17.7 Å². The van der Waals surface area contributed by atoms with E-state index < -0.39 is 0 Å². The van der Waals surface area contributed by atoms with Crippen LogP contribution in [0.1, 0.15) is 16.8 Å². The molecule has 142 valence electrons. The highest BCUT2D eigenvalue weighted by Gasteiger charge is 2.16. The Kier molecular flexibility index (Phi) is 4.64. The number of aryl methyl sites for hydroxylation is 3. The maximum absolute atomic E-state index is 12.9. The van der Waals surface area contributed by atoms with Crippen LogP contribution in [0.4, 0.5) is 5.69 Å². The number of benzene rings is 1. The summed E-state index contributed by atoms with van der Waals surface area (Å²) in [5, 5.41) is 4.09. The molecule has 0 bridgehead atoms. The normalized spacial score (nSPS) is 11.3. The first-order valence-corrected chi connectivity index (χ1v) is 9.85. The average Bonchev–Trinajstić information content (AvgIpc) is 2.99. The molecule has 4 aromatic rings. The van der Waals surface area contributed by atoms with Gasteiger partial charge in [0.2, 0.25) is 5.91 Å². The fraction of sp³-hybridized carbons (Fsp3) is 0.200. The summed E-state index contributed by atoms with van der Waals surface area (Å²) in [4.78, 5) is 35.0. The first-order valence-electron chi connectivity index (χ1n) is 8.65. The topological polar surface area (TPSA) is 76.9 Å². The molecule has 3 heterocycles. The van der Waals surface area contributed by atoms with E-state index in [-0.39, 0.29) is 18.0 Å². The molecule has 28 heavy (non-hydrogen) atoms. The Morgan fingerprint density at radius 1 is 1.25 bits per heavy atom. The molecule has 1 N–H and O–H groups in total. The van der Waals surface area contributed by atoms with Gasteiger partial charge in [-0.3, -0.25) is 14.2 Å². The smallest absolute Gasteiger partial charge is 0.271 e. The Hall–Kier alpha value is -2.77. The molecule has 8 heteroatoms. The van der Waals surface area contributed by atoms with Crippen LogP contribution >= 0.6 is 22.9 Å². The number of anilines is 1. The molecule has 6 nitrogen and oxygen atoms in total. The van der Waals surface area contributed by atoms with Crippen molar-refractivity contribution in [2.75, 3.05) is 5.32 Å². The highest BCUT2D eigenvalue weighted by atomic mass is 35.5. The first kappa shape index (κ1) is 18.6. The van der Waals surface area contributed by atoms with Gasteiger partial charge < -0.3 is 5.32 Å². The van der Waals surface area contributed by atoms with Crippen molar-refractivity contribution in [2.45, 2.75) is 27.3 Å². The van der Waals surface area contributed by atoms with Gasteiger partial charge in [0.05, 0.1) is 22.6 Å². The Morgan fingerprint density at radius 3 is 2.79 bits per heavy atom. The van der Waals surface area contributed by atoms with Crippen molar-refractivity contribution < 1.29 is 4.79 Å². The van der Waals surface area contributed by atoms with E-state index in [9.17, 15) is 9.59 Å². The second-order valence-corrected chi connectivity index (χ2v) is 8.16. The van der Waals surface area contributed by atoms with Gasteiger partial charge in [0.1, 0.15) is 16.1 Å². The summed E-state index contributed by atoms with van der Waals surface area (Å²) < 4.78 is 1.80. The van der Waals surface area contributed by atoms with Crippen molar-refractivity contribution >= 4 is 55.0 Å². The Labute approximate surface area is 169 Å². The number of fused-ring (bicyclic) bond motifs is 3. The molecule has 1 amide bonds. The lowest BCUT2D eigenvalue weighted by atomic mass is 10.1. The largest absolute Gasteiger partial charge is 0.323 e. The predicted octanol–water partition coefficient (Wildman–Crippen LogP) is 4.22. The number of hydrogen-bond acceptors (Lipinski definition) is 5. The molecule has 0 radical (unpaired) electrons. The Balaban J connectivity index is 1.68. The molecule has 0 fully saturated rings. The van der Waals surface area contributed by atoms with Crippen LogP contribution in [0.2, 0.25) is 5.02 Å². The van der Waals surface area contributed by atoms with Gasteiger partial charge >= 0.3 is 0 Å². The van der Waals surface area contributed by atoms with Crippen LogP contribution in [-0.4, -0.2) is 20.4 Å². The van der Waals surface area contributed by atoms with Gasteiger partial charge in [0.25, 0.3) is 5.56 Å². The maximum Gasteiger partial charge on any atom is 0.271 e. The Morgan fingerprint density at radius 2 is 2.04 bits per heavy atom. The zero-order valence-electron chi connectivity index (χ0n) is 15.5. The quantitative estimate of drug-likeness (QED) is 0.546. The van der Waals surface area contributed by atoms with E-state index in [0.29, 0.717) is 20.9 Å². The van der Waals surface area contributed by atoms with Gasteiger partial charge in [-0.05, 0) is 50.1 Å². The summed E-state index contributed by atoms with van der Waals surface area (Å²) in [6.45, 7) is 5.67. The number of rotatable bonds is 3. The van der Waals surface area contributed by atoms with E-state index in [1.807, 2.05) is 32.9 Å². The third-order valence-corrected chi connectivity index (χ3v) is 5.83. The number of halogens is 1. The summed E-state index contributed by atoms with van der Waals surface area (Å²) in [7, 11) is 0. The SMILES string of the molecule is Cc1ccc(NC(=O)Cn2cnc3c(sc4nc(C)cc(C)c43)c2=O)c(Cl)c1. The van der Waals surface area contributed by atoms with Crippen LogP contribution in [0.5, 0.6) is 0 Å². The molecule has 0 saturated heterocycles. The number of carbonyl (C=O) groups excluding carboxylic acids is 1. The second-order valence-electron chi connectivity index (χ2n) is 6.75. The fourth-order valence-corrected chi connectivity index (χ4v) is 4.66. The number of hydrogen-bond donors (Lipinski definition) is 1. The summed E-state index contributed by atoms with van der Waals surface area (Å²) in [5.41, 5.74) is 3.81. The van der Waals surface area contributed by atoms with E-state index >= 15 is 0 Å². The molecule has 3 aromatic heterocycles. The number of nitrogens with one attached hydrogen (secondary N) is 1. The average molecular weight is 413 g/mol. The van der Waals surface area contributed by atoms with Gasteiger partial charge in [0.15, 0.2) is 0 Å². The van der Waals surface area contributed by atoms with E-state index in [1.54, 1.807) is 12.1 Å². The number of pyridine rings is 1. The van der Waals surface area contributed by atoms with E-state index in [0.717, 1.165) is 27.0 Å². The summed E-state index contributed by atoms with van der Waals surface area (Å²) >= 11 is 7.46. The second kappa shape index (κ2) is 7.00. The van der Waals surface area contributed by atoms with Crippen molar-refractivity contribution in [1.82, 2.24) is 14.5 Å². The standard InChI is InChI=1S/C20H17ClN4O2S/c1-10-4-5-14(13(21)6-10)24-15(26)8-25-9-22-17-16-11(2)7-12(3)23-19(16)28-18(17)20(25)27/h4-7,9H,8H2,1-3H3,(H,24,26). The molecular weight excluding hydrogens is 396 g/mol. The number of aromatic nitrogens is 3. The molecule has 0 aliphatic heterocycles. The first-order chi connectivity index (χ1) is 13.3. The van der Waals surface area contributed by atoms with E-state index in [1.165, 1.54) is 22.2 Å². The molecule has 0 unspecified atom stereocenters. The molecule has 1 aromatic carbocycles. The maximum atomic E-state index is 12.9. The van der Waals surface area contributed by atoms with Gasteiger partial charge in [-0.2, -0.15) is 0 Å². The molecule has 0 spiro atoms. The van der Waals surface area contributed by atoms with Crippen LogP contribution in [0, 0.1) is 20.8 Å². The number of amides is 1. The lowest BCUT2D eigenvalue weighted by molar-refractivity contribution is -0.116.